The molecule has 0 saturated heterocycles. The Kier molecular flexibility index (Phi) is 5.98. The van der Waals surface area contributed by atoms with Crippen LogP contribution in [0, 0.1) is 3.57 Å². The van der Waals surface area contributed by atoms with Crippen molar-refractivity contribution in [3.8, 4) is 5.88 Å². The molecule has 140 valence electrons. The molecule has 0 atom stereocenters. The van der Waals surface area contributed by atoms with Gasteiger partial charge in [-0.05, 0) is 46.9 Å². The molecule has 1 N–H and O–H groups in total. The van der Waals surface area contributed by atoms with Gasteiger partial charge in [0, 0.05) is 15.8 Å². The minimum Gasteiger partial charge on any atom is -0.468 e. The van der Waals surface area contributed by atoms with Crippen LogP contribution in [0.25, 0.3) is 0 Å². The van der Waals surface area contributed by atoms with Gasteiger partial charge in [0.2, 0.25) is 5.88 Å². The number of nitrogens with one attached hydrogen (secondary N) is 1. The highest BCUT2D eigenvalue weighted by Gasteiger charge is 2.31. The minimum atomic E-state index is -4.57. The molecule has 26 heavy (non-hydrogen) atoms. The first-order valence-corrected chi connectivity index (χ1v) is 7.87. The number of halogens is 7. The summed E-state index contributed by atoms with van der Waals surface area (Å²) in [5, 5.41) is 2.31. The van der Waals surface area contributed by atoms with E-state index in [2.05, 4.69) is 15.0 Å². The standard InChI is InChI=1S/C15H9F6IN2O2/c16-14(17,18)7-26-12-4-1-8(6-23-12)13(25)24-11-5-9(15(19,20)21)2-3-10(11)22/h1-6H,7H2,(H,24,25). The van der Waals surface area contributed by atoms with Crippen molar-refractivity contribution in [1.82, 2.24) is 4.98 Å². The number of aromatic nitrogens is 1. The summed E-state index contributed by atoms with van der Waals surface area (Å²) in [6.07, 6.45) is -8.14. The van der Waals surface area contributed by atoms with Crippen LogP contribution >= 0.6 is 22.6 Å². The summed E-state index contributed by atoms with van der Waals surface area (Å²) in [4.78, 5) is 15.7. The molecule has 1 aromatic carbocycles. The molecule has 1 amide bonds. The lowest BCUT2D eigenvalue weighted by atomic mass is 10.2. The van der Waals surface area contributed by atoms with Gasteiger partial charge in [-0.3, -0.25) is 4.79 Å². The Labute approximate surface area is 156 Å². The number of hydrogen-bond acceptors (Lipinski definition) is 3. The molecule has 0 aliphatic rings. The van der Waals surface area contributed by atoms with E-state index >= 15 is 0 Å². The van der Waals surface area contributed by atoms with Crippen molar-refractivity contribution in [2.24, 2.45) is 0 Å². The van der Waals surface area contributed by atoms with Crippen molar-refractivity contribution in [2.75, 3.05) is 11.9 Å². The molecule has 0 aliphatic carbocycles. The van der Waals surface area contributed by atoms with E-state index in [4.69, 9.17) is 0 Å². The number of ether oxygens (including phenoxy) is 1. The van der Waals surface area contributed by atoms with Crippen LogP contribution in [0.5, 0.6) is 5.88 Å². The molecule has 0 radical (unpaired) electrons. The highest BCUT2D eigenvalue weighted by Crippen LogP contribution is 2.32. The highest BCUT2D eigenvalue weighted by molar-refractivity contribution is 14.1. The van der Waals surface area contributed by atoms with E-state index < -0.39 is 30.4 Å². The normalized spacial score (nSPS) is 12.0. The summed E-state index contributed by atoms with van der Waals surface area (Å²) in [6, 6.07) is 5.07. The SMILES string of the molecule is O=C(Nc1cc(C(F)(F)F)ccc1I)c1ccc(OCC(F)(F)F)nc1. The molecular weight excluding hydrogens is 481 g/mol. The van der Waals surface area contributed by atoms with E-state index in [-0.39, 0.29) is 17.1 Å². The van der Waals surface area contributed by atoms with Gasteiger partial charge < -0.3 is 10.1 Å². The van der Waals surface area contributed by atoms with E-state index in [0.29, 0.717) is 3.57 Å². The first-order valence-electron chi connectivity index (χ1n) is 6.79. The number of carbonyl (C=O) groups excluding carboxylic acids is 1. The second-order valence-electron chi connectivity index (χ2n) is 4.94. The lowest BCUT2D eigenvalue weighted by Crippen LogP contribution is -2.20. The Morgan fingerprint density at radius 1 is 1.12 bits per heavy atom. The van der Waals surface area contributed by atoms with E-state index in [1.165, 1.54) is 6.07 Å². The molecule has 4 nitrogen and oxygen atoms in total. The summed E-state index contributed by atoms with van der Waals surface area (Å²) >= 11 is 1.76. The van der Waals surface area contributed by atoms with Crippen LogP contribution < -0.4 is 10.1 Å². The Morgan fingerprint density at radius 3 is 2.35 bits per heavy atom. The number of alkyl halides is 6. The Hall–Kier alpha value is -2.05. The predicted molar refractivity (Wildman–Crippen MR) is 87.9 cm³/mol. The zero-order valence-electron chi connectivity index (χ0n) is 12.6. The first kappa shape index (κ1) is 20.3. The van der Waals surface area contributed by atoms with Crippen LogP contribution in [-0.2, 0) is 6.18 Å². The number of nitrogens with zero attached hydrogens (tertiary/aromatic N) is 1. The van der Waals surface area contributed by atoms with E-state index in [1.807, 2.05) is 0 Å². The third kappa shape index (κ3) is 5.75. The Morgan fingerprint density at radius 2 is 1.81 bits per heavy atom. The molecule has 11 heteroatoms. The molecule has 0 unspecified atom stereocenters. The number of carbonyl (C=O) groups is 1. The third-order valence-corrected chi connectivity index (χ3v) is 3.86. The summed E-state index contributed by atoms with van der Waals surface area (Å²) in [6.45, 7) is -1.53. The van der Waals surface area contributed by atoms with Gasteiger partial charge in [-0.15, -0.1) is 0 Å². The number of pyridine rings is 1. The monoisotopic (exact) mass is 490 g/mol. The Balaban J connectivity index is 2.10. The van der Waals surface area contributed by atoms with Crippen LogP contribution in [0.15, 0.2) is 36.5 Å². The molecule has 1 aromatic heterocycles. The number of hydrogen-bond donors (Lipinski definition) is 1. The average molecular weight is 490 g/mol. The molecule has 0 spiro atoms. The smallest absolute Gasteiger partial charge is 0.422 e. The van der Waals surface area contributed by atoms with Crippen molar-refractivity contribution in [3.05, 3.63) is 51.2 Å². The van der Waals surface area contributed by atoms with E-state index in [0.717, 1.165) is 30.5 Å². The molecular formula is C15H9F6IN2O2. The molecule has 0 saturated carbocycles. The van der Waals surface area contributed by atoms with Crippen molar-refractivity contribution in [1.29, 1.82) is 0 Å². The number of benzene rings is 1. The summed E-state index contributed by atoms with van der Waals surface area (Å²) in [5.41, 5.74) is -1.04. The second kappa shape index (κ2) is 7.68. The van der Waals surface area contributed by atoms with Crippen molar-refractivity contribution in [2.45, 2.75) is 12.4 Å². The molecule has 1 heterocycles. The van der Waals surface area contributed by atoms with Gasteiger partial charge in [-0.1, -0.05) is 0 Å². The van der Waals surface area contributed by atoms with Crippen LogP contribution in [0.4, 0.5) is 32.0 Å². The number of rotatable bonds is 4. The predicted octanol–water partition coefficient (Wildman–Crippen LogP) is 4.90. The molecule has 0 bridgehead atoms. The highest BCUT2D eigenvalue weighted by atomic mass is 127. The zero-order chi connectivity index (χ0) is 19.5. The topological polar surface area (TPSA) is 51.2 Å². The van der Waals surface area contributed by atoms with E-state index in [9.17, 15) is 31.1 Å². The fourth-order valence-corrected chi connectivity index (χ4v) is 2.22. The van der Waals surface area contributed by atoms with Gasteiger partial charge in [0.25, 0.3) is 5.91 Å². The number of amides is 1. The Bertz CT molecular complexity index is 790. The summed E-state index contributed by atoms with van der Waals surface area (Å²) < 4.78 is 79.1. The van der Waals surface area contributed by atoms with Crippen LogP contribution in [0.3, 0.4) is 0 Å². The lowest BCUT2D eigenvalue weighted by Gasteiger charge is -2.12. The summed E-state index contributed by atoms with van der Waals surface area (Å²) in [5.74, 6) is -1.11. The third-order valence-electron chi connectivity index (χ3n) is 2.92. The second-order valence-corrected chi connectivity index (χ2v) is 6.10. The fourth-order valence-electron chi connectivity index (χ4n) is 1.75. The van der Waals surface area contributed by atoms with Gasteiger partial charge in [-0.25, -0.2) is 4.98 Å². The van der Waals surface area contributed by atoms with E-state index in [1.54, 1.807) is 22.6 Å². The van der Waals surface area contributed by atoms with Crippen molar-refractivity contribution < 1.29 is 35.9 Å². The quantitative estimate of drug-likeness (QED) is 0.491. The zero-order valence-corrected chi connectivity index (χ0v) is 14.7. The first-order chi connectivity index (χ1) is 12.0. The molecule has 0 aliphatic heterocycles. The van der Waals surface area contributed by atoms with Crippen LogP contribution in [0.2, 0.25) is 0 Å². The lowest BCUT2D eigenvalue weighted by molar-refractivity contribution is -0.154. The average Bonchev–Trinajstić information content (AvgIpc) is 2.53. The van der Waals surface area contributed by atoms with Crippen molar-refractivity contribution in [3.63, 3.8) is 0 Å². The maximum absolute atomic E-state index is 12.7. The molecule has 2 aromatic rings. The molecule has 0 fully saturated rings. The van der Waals surface area contributed by atoms with Crippen LogP contribution in [-0.4, -0.2) is 23.7 Å². The molecule has 2 rings (SSSR count). The van der Waals surface area contributed by atoms with Gasteiger partial charge in [0.15, 0.2) is 6.61 Å². The summed E-state index contributed by atoms with van der Waals surface area (Å²) in [7, 11) is 0. The maximum Gasteiger partial charge on any atom is 0.422 e. The van der Waals surface area contributed by atoms with Gasteiger partial charge >= 0.3 is 12.4 Å². The fraction of sp³-hybridized carbons (Fsp3) is 0.200. The number of anilines is 1. The van der Waals surface area contributed by atoms with Gasteiger partial charge in [-0.2, -0.15) is 26.3 Å². The van der Waals surface area contributed by atoms with Crippen LogP contribution in [0.1, 0.15) is 15.9 Å². The van der Waals surface area contributed by atoms with Gasteiger partial charge in [0.1, 0.15) is 0 Å². The largest absolute Gasteiger partial charge is 0.468 e. The van der Waals surface area contributed by atoms with Gasteiger partial charge in [0.05, 0.1) is 16.8 Å². The minimum absolute atomic E-state index is 0.0529. The van der Waals surface area contributed by atoms with Crippen molar-refractivity contribution >= 4 is 34.2 Å². The maximum atomic E-state index is 12.7.